The Balaban J connectivity index is 1.59. The quantitative estimate of drug-likeness (QED) is 0.655. The van der Waals surface area contributed by atoms with Crippen molar-refractivity contribution >= 4 is 38.2 Å². The number of aryl methyl sites for hydroxylation is 1. The van der Waals surface area contributed by atoms with Crippen molar-refractivity contribution in [3.63, 3.8) is 0 Å². The third-order valence-corrected chi connectivity index (χ3v) is 5.71. The molecule has 2 aromatic carbocycles. The summed E-state index contributed by atoms with van der Waals surface area (Å²) in [7, 11) is -3.48. The standard InChI is InChI=1S/C19H19ClN2O3S/c1-26(24,25)18-13-15(7-8-16(18)20)19(23)21-10-4-11-22-12-9-14-5-2-3-6-17(14)22/h2-3,5-9,12-13H,4,10-11H2,1H3,(H,21,23). The van der Waals surface area contributed by atoms with E-state index < -0.39 is 9.84 Å². The van der Waals surface area contributed by atoms with Crippen LogP contribution in [0.1, 0.15) is 16.8 Å². The second kappa shape index (κ2) is 7.51. The van der Waals surface area contributed by atoms with E-state index in [0.717, 1.165) is 24.7 Å². The maximum Gasteiger partial charge on any atom is 0.251 e. The Morgan fingerprint density at radius 3 is 2.69 bits per heavy atom. The molecule has 0 aliphatic carbocycles. The lowest BCUT2D eigenvalue weighted by Crippen LogP contribution is -2.25. The van der Waals surface area contributed by atoms with E-state index in [-0.39, 0.29) is 21.4 Å². The van der Waals surface area contributed by atoms with Crippen LogP contribution >= 0.6 is 11.6 Å². The summed E-state index contributed by atoms with van der Waals surface area (Å²) in [5, 5.41) is 4.12. The van der Waals surface area contributed by atoms with Crippen LogP contribution in [0.25, 0.3) is 10.9 Å². The zero-order valence-corrected chi connectivity index (χ0v) is 15.8. The minimum atomic E-state index is -3.48. The van der Waals surface area contributed by atoms with Gasteiger partial charge in [-0.05, 0) is 42.1 Å². The number of nitrogens with zero attached hydrogens (tertiary/aromatic N) is 1. The van der Waals surface area contributed by atoms with Crippen molar-refractivity contribution in [3.05, 3.63) is 65.3 Å². The molecule has 0 radical (unpaired) electrons. The second-order valence-corrected chi connectivity index (χ2v) is 8.49. The lowest BCUT2D eigenvalue weighted by Gasteiger charge is -2.09. The van der Waals surface area contributed by atoms with Crippen LogP contribution in [0.5, 0.6) is 0 Å². The maximum atomic E-state index is 12.3. The molecule has 1 heterocycles. The van der Waals surface area contributed by atoms with Gasteiger partial charge in [0, 0.05) is 36.6 Å². The molecule has 1 N–H and O–H groups in total. The van der Waals surface area contributed by atoms with Crippen molar-refractivity contribution in [3.8, 4) is 0 Å². The maximum absolute atomic E-state index is 12.3. The van der Waals surface area contributed by atoms with Crippen molar-refractivity contribution < 1.29 is 13.2 Å². The lowest BCUT2D eigenvalue weighted by atomic mass is 10.2. The SMILES string of the molecule is CS(=O)(=O)c1cc(C(=O)NCCCn2ccc3ccccc32)ccc1Cl. The molecule has 0 atom stereocenters. The summed E-state index contributed by atoms with van der Waals surface area (Å²) in [6.45, 7) is 1.27. The van der Waals surface area contributed by atoms with Gasteiger partial charge in [0.1, 0.15) is 0 Å². The Labute approximate surface area is 157 Å². The van der Waals surface area contributed by atoms with E-state index in [1.807, 2.05) is 18.3 Å². The highest BCUT2D eigenvalue weighted by molar-refractivity contribution is 7.90. The van der Waals surface area contributed by atoms with E-state index in [1.165, 1.54) is 23.6 Å². The van der Waals surface area contributed by atoms with Crippen molar-refractivity contribution in [2.24, 2.45) is 0 Å². The average Bonchev–Trinajstić information content (AvgIpc) is 3.01. The number of halogens is 1. The number of aromatic nitrogens is 1. The van der Waals surface area contributed by atoms with Gasteiger partial charge < -0.3 is 9.88 Å². The minimum Gasteiger partial charge on any atom is -0.352 e. The van der Waals surface area contributed by atoms with E-state index in [1.54, 1.807) is 0 Å². The predicted molar refractivity (Wildman–Crippen MR) is 103 cm³/mol. The molecule has 0 fully saturated rings. The summed E-state index contributed by atoms with van der Waals surface area (Å²) >= 11 is 5.90. The van der Waals surface area contributed by atoms with E-state index in [0.29, 0.717) is 6.54 Å². The topological polar surface area (TPSA) is 68.2 Å². The van der Waals surface area contributed by atoms with Gasteiger partial charge in [0.15, 0.2) is 9.84 Å². The minimum absolute atomic E-state index is 0.0365. The van der Waals surface area contributed by atoms with Crippen LogP contribution in [-0.2, 0) is 16.4 Å². The van der Waals surface area contributed by atoms with Crippen LogP contribution in [0.4, 0.5) is 0 Å². The first-order chi connectivity index (χ1) is 12.4. The fourth-order valence-corrected chi connectivity index (χ4v) is 4.12. The molecule has 26 heavy (non-hydrogen) atoms. The Hall–Kier alpha value is -2.31. The van der Waals surface area contributed by atoms with Crippen molar-refractivity contribution in [1.82, 2.24) is 9.88 Å². The van der Waals surface area contributed by atoms with Gasteiger partial charge in [-0.15, -0.1) is 0 Å². The largest absolute Gasteiger partial charge is 0.352 e. The molecule has 136 valence electrons. The van der Waals surface area contributed by atoms with Crippen LogP contribution in [-0.4, -0.2) is 31.7 Å². The van der Waals surface area contributed by atoms with Gasteiger partial charge in [0.2, 0.25) is 0 Å². The summed E-state index contributed by atoms with van der Waals surface area (Å²) in [6, 6.07) is 14.5. The highest BCUT2D eigenvalue weighted by Crippen LogP contribution is 2.22. The number of fused-ring (bicyclic) bond motifs is 1. The van der Waals surface area contributed by atoms with Crippen LogP contribution in [0.3, 0.4) is 0 Å². The van der Waals surface area contributed by atoms with E-state index in [4.69, 9.17) is 11.6 Å². The molecule has 0 aliphatic heterocycles. The molecule has 1 amide bonds. The number of rotatable bonds is 6. The Morgan fingerprint density at radius 2 is 1.92 bits per heavy atom. The average molecular weight is 391 g/mol. The number of sulfone groups is 1. The second-order valence-electron chi connectivity index (χ2n) is 6.09. The third kappa shape index (κ3) is 4.08. The highest BCUT2D eigenvalue weighted by atomic mass is 35.5. The number of carbonyl (C=O) groups excluding carboxylic acids is 1. The first-order valence-corrected chi connectivity index (χ1v) is 10.4. The molecule has 0 spiro atoms. The number of benzene rings is 2. The van der Waals surface area contributed by atoms with Gasteiger partial charge in [0.05, 0.1) is 9.92 Å². The van der Waals surface area contributed by atoms with E-state index >= 15 is 0 Å². The first-order valence-electron chi connectivity index (χ1n) is 8.18. The molecule has 3 aromatic rings. The molecular weight excluding hydrogens is 372 g/mol. The highest BCUT2D eigenvalue weighted by Gasteiger charge is 2.15. The molecule has 0 bridgehead atoms. The number of carbonyl (C=O) groups is 1. The monoisotopic (exact) mass is 390 g/mol. The Bertz CT molecular complexity index is 1060. The van der Waals surface area contributed by atoms with Gasteiger partial charge in [0.25, 0.3) is 5.91 Å². The Morgan fingerprint density at radius 1 is 1.15 bits per heavy atom. The van der Waals surface area contributed by atoms with Gasteiger partial charge >= 0.3 is 0 Å². The summed E-state index contributed by atoms with van der Waals surface area (Å²) in [5.74, 6) is -0.316. The van der Waals surface area contributed by atoms with Gasteiger partial charge in [-0.2, -0.15) is 0 Å². The third-order valence-electron chi connectivity index (χ3n) is 4.13. The van der Waals surface area contributed by atoms with Crippen molar-refractivity contribution in [1.29, 1.82) is 0 Å². The molecule has 1 aromatic heterocycles. The molecule has 5 nitrogen and oxygen atoms in total. The number of hydrogen-bond acceptors (Lipinski definition) is 3. The zero-order valence-electron chi connectivity index (χ0n) is 14.3. The molecule has 3 rings (SSSR count). The van der Waals surface area contributed by atoms with Gasteiger partial charge in [-0.25, -0.2) is 8.42 Å². The van der Waals surface area contributed by atoms with Gasteiger partial charge in [-0.1, -0.05) is 29.8 Å². The molecule has 0 unspecified atom stereocenters. The van der Waals surface area contributed by atoms with Crippen molar-refractivity contribution in [2.45, 2.75) is 17.9 Å². The molecule has 0 aliphatic rings. The number of para-hydroxylation sites is 1. The normalized spacial score (nSPS) is 11.6. The first kappa shape index (κ1) is 18.5. The van der Waals surface area contributed by atoms with Crippen molar-refractivity contribution in [2.75, 3.05) is 12.8 Å². The number of hydrogen-bond donors (Lipinski definition) is 1. The smallest absolute Gasteiger partial charge is 0.251 e. The molecular formula is C19H19ClN2O3S. The van der Waals surface area contributed by atoms with E-state index in [2.05, 4.69) is 28.1 Å². The molecule has 7 heteroatoms. The number of nitrogens with one attached hydrogen (secondary N) is 1. The fourth-order valence-electron chi connectivity index (χ4n) is 2.82. The van der Waals surface area contributed by atoms with Crippen LogP contribution < -0.4 is 5.32 Å². The summed E-state index contributed by atoms with van der Waals surface area (Å²) in [4.78, 5) is 12.2. The molecule has 0 saturated carbocycles. The van der Waals surface area contributed by atoms with E-state index in [9.17, 15) is 13.2 Å². The zero-order chi connectivity index (χ0) is 18.7. The van der Waals surface area contributed by atoms with Gasteiger partial charge in [-0.3, -0.25) is 4.79 Å². The van der Waals surface area contributed by atoms with Crippen LogP contribution in [0, 0.1) is 0 Å². The van der Waals surface area contributed by atoms with Crippen LogP contribution in [0.15, 0.2) is 59.6 Å². The Kier molecular flexibility index (Phi) is 5.34. The fraction of sp³-hybridized carbons (Fsp3) is 0.211. The lowest BCUT2D eigenvalue weighted by molar-refractivity contribution is 0.0952. The summed E-state index contributed by atoms with van der Waals surface area (Å²) in [6.07, 6.45) is 3.86. The summed E-state index contributed by atoms with van der Waals surface area (Å²) in [5.41, 5.74) is 1.44. The summed E-state index contributed by atoms with van der Waals surface area (Å²) < 4.78 is 25.6. The predicted octanol–water partition coefficient (Wildman–Crippen LogP) is 3.52. The molecule has 0 saturated heterocycles. The van der Waals surface area contributed by atoms with Crippen LogP contribution in [0.2, 0.25) is 5.02 Å². The number of amides is 1.